The number of thiazole rings is 1. The number of rotatable bonds is 14. The molecule has 0 radical (unpaired) electrons. The molecule has 9 rings (SSSR count). The van der Waals surface area contributed by atoms with Gasteiger partial charge in [-0.05, 0) is 75.3 Å². The third-order valence-electron chi connectivity index (χ3n) is 15.3. The number of para-hydroxylation sites is 1. The molecule has 5 aliphatic rings. The monoisotopic (exact) mass is 1020 g/mol. The number of nitrogens with two attached hydrogens (primary N) is 2. The van der Waals surface area contributed by atoms with Gasteiger partial charge in [0.25, 0.3) is 0 Å². The van der Waals surface area contributed by atoms with Crippen LogP contribution in [-0.4, -0.2) is 154 Å². The molecule has 6 heterocycles. The number of phenols is 1. The average molecular weight is 1020 g/mol. The summed E-state index contributed by atoms with van der Waals surface area (Å²) in [5.74, 6) is 1.44. The van der Waals surface area contributed by atoms with Crippen molar-refractivity contribution in [1.82, 2.24) is 35.1 Å². The molecule has 3 amide bonds. The van der Waals surface area contributed by atoms with Gasteiger partial charge < -0.3 is 29.6 Å². The number of hydrogen-bond donors (Lipinski definition) is 5. The van der Waals surface area contributed by atoms with Crippen molar-refractivity contribution in [2.75, 3.05) is 70.3 Å². The van der Waals surface area contributed by atoms with Crippen molar-refractivity contribution in [2.24, 2.45) is 23.2 Å². The maximum absolute atomic E-state index is 14.1. The van der Waals surface area contributed by atoms with Gasteiger partial charge in [-0.25, -0.2) is 4.98 Å². The quantitative estimate of drug-likeness (QED) is 0.0903. The van der Waals surface area contributed by atoms with Crippen LogP contribution >= 0.6 is 11.3 Å². The number of piperidine rings is 2. The Hall–Kier alpha value is -5.92. The molecule has 2 aromatic heterocycles. The topological polar surface area (TPSA) is 220 Å². The van der Waals surface area contributed by atoms with E-state index in [9.17, 15) is 24.6 Å². The number of piperazine rings is 1. The predicted molar refractivity (Wildman–Crippen MR) is 287 cm³/mol. The molecule has 5 fully saturated rings. The van der Waals surface area contributed by atoms with E-state index in [1.807, 2.05) is 45.3 Å². The first kappa shape index (κ1) is 53.4. The maximum atomic E-state index is 14.1. The summed E-state index contributed by atoms with van der Waals surface area (Å²) in [6.07, 6.45) is 9.94. The van der Waals surface area contributed by atoms with Crippen LogP contribution in [0.25, 0.3) is 16.1 Å². The summed E-state index contributed by atoms with van der Waals surface area (Å²) < 4.78 is 11.3. The third-order valence-corrected chi connectivity index (χ3v) is 16.3. The number of aryl methyl sites for hydroxylation is 1. The number of benzene rings is 2. The van der Waals surface area contributed by atoms with Gasteiger partial charge in [0, 0.05) is 45.3 Å². The van der Waals surface area contributed by atoms with Gasteiger partial charge in [-0.3, -0.25) is 9.59 Å². The molecular formula is C54H75BN10O7S. The van der Waals surface area contributed by atoms with Crippen molar-refractivity contribution in [3.63, 3.8) is 0 Å². The number of aromatic hydroxyl groups is 1. The molecule has 4 aliphatic heterocycles. The molecular weight excluding hydrogens is 944 g/mol. The molecule has 4 aromatic rings. The van der Waals surface area contributed by atoms with Crippen LogP contribution in [0.5, 0.6) is 5.75 Å². The summed E-state index contributed by atoms with van der Waals surface area (Å²) in [6.45, 7) is 15.9. The van der Waals surface area contributed by atoms with E-state index in [0.29, 0.717) is 62.1 Å². The van der Waals surface area contributed by atoms with E-state index in [1.54, 1.807) is 45.4 Å². The summed E-state index contributed by atoms with van der Waals surface area (Å²) >= 11 is 1.62. The van der Waals surface area contributed by atoms with Gasteiger partial charge >= 0.3 is 153 Å². The molecule has 2 aromatic carbocycles. The van der Waals surface area contributed by atoms with E-state index < -0.39 is 12.0 Å². The normalized spacial score (nSPS) is 20.5. The van der Waals surface area contributed by atoms with E-state index in [-0.39, 0.29) is 47.8 Å². The second kappa shape index (κ2) is 24.9. The molecule has 3 unspecified atom stereocenters. The molecule has 7 N–H and O–H groups in total. The van der Waals surface area contributed by atoms with Crippen LogP contribution in [0, 0.1) is 18.8 Å². The number of anilines is 1. The number of nitrogens with one attached hydrogen (secondary N) is 1. The Kier molecular flexibility index (Phi) is 18.2. The van der Waals surface area contributed by atoms with E-state index in [0.717, 1.165) is 117 Å². The fourth-order valence-electron chi connectivity index (χ4n) is 10.6. The number of likely N-dealkylation sites (tertiary alicyclic amines) is 2. The minimum absolute atomic E-state index is 0.0129. The summed E-state index contributed by atoms with van der Waals surface area (Å²) in [5.41, 5.74) is 18.7. The molecule has 3 atom stereocenters. The van der Waals surface area contributed by atoms with Crippen LogP contribution in [0.4, 0.5) is 10.6 Å². The zero-order valence-corrected chi connectivity index (χ0v) is 43.9. The summed E-state index contributed by atoms with van der Waals surface area (Å²) in [5, 5.41) is 27.3. The molecule has 0 bridgehead atoms. The number of hydrogen-bond acceptors (Lipinski definition) is 15. The average Bonchev–Trinajstić information content (AvgIpc) is 4.18. The van der Waals surface area contributed by atoms with Gasteiger partial charge in [-0.1, -0.05) is 43.3 Å². The van der Waals surface area contributed by atoms with Gasteiger partial charge in [0.1, 0.15) is 12.0 Å². The van der Waals surface area contributed by atoms with Crippen molar-refractivity contribution in [2.45, 2.75) is 116 Å². The Bertz CT molecular complexity index is 2520. The van der Waals surface area contributed by atoms with E-state index in [4.69, 9.17) is 20.6 Å². The number of aromatic nitrogens is 2. The standard InChI is InChI=1S/C36H50N6O4S.C18H25BN4O3/c1-23(2)33(31-20-32(39-46-31)41-18-11-26(12-19-41)21-40-16-13-29(43)14-17-40)36(45)42-15-5-6-30(42)35(44)38-24(3)27-7-9-28(10-8-27)34-25(4)37-22-47-34;20-15(14-6-1-2-7-16(14)24)12-17(19-21)22-8-10-23(11-9-22)18(25)26-13-4-3-5-13/h7-10,20,22-24,26,29-30,33,43H,5-6,11-19,21H2,1-4H3,(H,38,44);1-2,6-7,12-13,24H,3-5,8-11,20-21H2/b;15-12-. The van der Waals surface area contributed by atoms with Crippen molar-refractivity contribution in [1.29, 1.82) is 0 Å². The first-order chi connectivity index (χ1) is 35.3. The zero-order valence-electron chi connectivity index (χ0n) is 43.0. The van der Waals surface area contributed by atoms with Gasteiger partial charge in [0.05, 0.1) is 28.2 Å². The molecule has 17 nitrogen and oxygen atoms in total. The zero-order chi connectivity index (χ0) is 51.6. The van der Waals surface area contributed by atoms with Crippen molar-refractivity contribution in [3.05, 3.63) is 88.8 Å². The van der Waals surface area contributed by atoms with Crippen molar-refractivity contribution in [3.8, 4) is 16.2 Å². The second-order valence-corrected chi connectivity index (χ2v) is 21.6. The number of aliphatic hydroxyl groups excluding tert-OH is 1. The number of ether oxygens (including phenoxy) is 1. The first-order valence-electron chi connectivity index (χ1n) is 26.4. The Labute approximate surface area is 434 Å². The van der Waals surface area contributed by atoms with Crippen LogP contribution in [0.2, 0.25) is 0 Å². The van der Waals surface area contributed by atoms with Crippen LogP contribution in [-0.2, 0) is 14.3 Å². The van der Waals surface area contributed by atoms with Gasteiger partial charge in [0.15, 0.2) is 11.6 Å². The van der Waals surface area contributed by atoms with Crippen LogP contribution in [0.3, 0.4) is 0 Å². The molecule has 1 aliphatic carbocycles. The summed E-state index contributed by atoms with van der Waals surface area (Å²) in [6, 6.07) is 16.4. The second-order valence-electron chi connectivity index (χ2n) is 20.7. The Morgan fingerprint density at radius 3 is 2.23 bits per heavy atom. The number of phenolic OH excluding ortho intramolecular Hbond substituents is 1. The number of carbonyl (C=O) groups excluding carboxylic acids is 3. The van der Waals surface area contributed by atoms with Crippen LogP contribution in [0.1, 0.15) is 113 Å². The van der Waals surface area contributed by atoms with E-state index in [2.05, 4.69) is 54.4 Å². The number of nitrogens with zero attached hydrogens (tertiary/aromatic N) is 7. The molecule has 392 valence electrons. The number of carbonyl (C=O) groups is 3. The first-order valence-corrected chi connectivity index (χ1v) is 27.2. The number of aliphatic hydroxyl groups is 1. The molecule has 4 saturated heterocycles. The molecule has 19 heteroatoms. The Balaban J connectivity index is 0.000000231. The third kappa shape index (κ3) is 13.4. The molecule has 1 saturated carbocycles. The fourth-order valence-corrected chi connectivity index (χ4v) is 11.4. The summed E-state index contributed by atoms with van der Waals surface area (Å²) in [7, 11) is 1.50. The van der Waals surface area contributed by atoms with E-state index in [1.165, 1.54) is 7.06 Å². The van der Waals surface area contributed by atoms with Gasteiger partial charge in [-0.15, -0.1) is 11.3 Å². The Morgan fingerprint density at radius 2 is 1.60 bits per heavy atom. The van der Waals surface area contributed by atoms with Gasteiger partial charge in [0.2, 0.25) is 11.8 Å². The molecule has 0 spiro atoms. The Morgan fingerprint density at radius 1 is 0.904 bits per heavy atom. The van der Waals surface area contributed by atoms with Gasteiger partial charge in [-0.2, -0.15) is 0 Å². The van der Waals surface area contributed by atoms with Crippen LogP contribution < -0.4 is 21.6 Å². The summed E-state index contributed by atoms with van der Waals surface area (Å²) in [4.78, 5) is 55.6. The van der Waals surface area contributed by atoms with Crippen LogP contribution in [0.15, 0.2) is 70.7 Å². The van der Waals surface area contributed by atoms with Crippen molar-refractivity contribution >= 4 is 53.4 Å². The fraction of sp³-hybridized carbons (Fsp3) is 0.556. The van der Waals surface area contributed by atoms with E-state index >= 15 is 0 Å². The SMILES string of the molecule is Cc1ncsc1-c1ccc(C(C)NC(=O)C2CCCN2C(=O)C(c2cc(N3CCC(CN4CCC(O)CC4)CC3)no2)C(C)C)cc1.NB=C(/C=C(\N)c1ccccc1O)N1CCN(C(=O)OC2CCC2)CC1. The molecule has 73 heavy (non-hydrogen) atoms. The minimum atomic E-state index is -0.505. The number of amides is 3. The van der Waals surface area contributed by atoms with Crippen molar-refractivity contribution < 1.29 is 33.9 Å². The predicted octanol–water partition coefficient (Wildman–Crippen LogP) is 6.09.